The molecule has 0 fully saturated rings. The van der Waals surface area contributed by atoms with Gasteiger partial charge in [0.05, 0.1) is 0 Å². The van der Waals surface area contributed by atoms with Gasteiger partial charge in [-0.05, 0) is 123 Å². The molecule has 2 aliphatic carbocycles. The molecular weight excluding hydrogens is 594 g/mol. The molecule has 45 heavy (non-hydrogen) atoms. The Morgan fingerprint density at radius 2 is 1.04 bits per heavy atom. The molecule has 4 aromatic heterocycles. The minimum Gasteiger partial charge on any atom is -0.436 e. The van der Waals surface area contributed by atoms with Crippen LogP contribution in [0.3, 0.4) is 0 Å². The molecule has 230 valence electrons. The fourth-order valence-corrected chi connectivity index (χ4v) is 9.30. The van der Waals surface area contributed by atoms with E-state index in [1.54, 1.807) is 0 Å². The molecule has 7 rings (SSSR count). The van der Waals surface area contributed by atoms with E-state index < -0.39 is 16.9 Å². The van der Waals surface area contributed by atoms with Crippen LogP contribution in [0.1, 0.15) is 61.6 Å². The highest BCUT2D eigenvalue weighted by molar-refractivity contribution is 7.49. The summed E-state index contributed by atoms with van der Waals surface area (Å²) >= 11 is 0. The van der Waals surface area contributed by atoms with Crippen LogP contribution in [0.2, 0.25) is 0 Å². The molecule has 1 aromatic carbocycles. The van der Waals surface area contributed by atoms with Gasteiger partial charge in [-0.1, -0.05) is 30.7 Å². The average Bonchev–Trinajstić information content (AvgIpc) is 3.91. The molecule has 2 aliphatic rings. The summed E-state index contributed by atoms with van der Waals surface area (Å²) in [5.41, 5.74) is 6.45. The second kappa shape index (κ2) is 14.0. The summed E-state index contributed by atoms with van der Waals surface area (Å²) in [4.78, 5) is 0. The predicted molar refractivity (Wildman–Crippen MR) is 186 cm³/mol. The van der Waals surface area contributed by atoms with E-state index in [-0.39, 0.29) is 0 Å². The number of rotatable bonds is 9. The van der Waals surface area contributed by atoms with Crippen LogP contribution in [0.15, 0.2) is 140 Å². The van der Waals surface area contributed by atoms with E-state index in [9.17, 15) is 0 Å². The van der Waals surface area contributed by atoms with Gasteiger partial charge in [-0.3, -0.25) is 17.4 Å². The fourth-order valence-electron chi connectivity index (χ4n) is 6.24. The number of fused-ring (bicyclic) bond motifs is 1. The summed E-state index contributed by atoms with van der Waals surface area (Å²) < 4.78 is 23.1. The first kappa shape index (κ1) is 29.7. The molecule has 0 bridgehead atoms. The molecular formula is C37H40N4O2P2. The van der Waals surface area contributed by atoms with Crippen LogP contribution in [0.25, 0.3) is 5.57 Å². The number of hydrogen-bond donors (Lipinski definition) is 0. The third-order valence-corrected chi connectivity index (χ3v) is 11.9. The highest BCUT2D eigenvalue weighted by atomic mass is 31.2. The smallest absolute Gasteiger partial charge is 0.317 e. The van der Waals surface area contributed by atoms with Crippen molar-refractivity contribution in [3.05, 3.63) is 157 Å². The topological polar surface area (TPSA) is 38.2 Å². The quantitative estimate of drug-likeness (QED) is 0.151. The van der Waals surface area contributed by atoms with E-state index in [4.69, 9.17) is 9.05 Å². The summed E-state index contributed by atoms with van der Waals surface area (Å²) in [5.74, 6) is 1.83. The van der Waals surface area contributed by atoms with Gasteiger partial charge in [0.25, 0.3) is 0 Å². The van der Waals surface area contributed by atoms with Crippen LogP contribution in [0, 0.1) is 0 Å². The van der Waals surface area contributed by atoms with Crippen molar-refractivity contribution in [2.75, 3.05) is 0 Å². The number of aryl methyl sites for hydroxylation is 1. The lowest BCUT2D eigenvalue weighted by Gasteiger charge is -2.29. The maximum atomic E-state index is 7.20. The molecule has 6 nitrogen and oxygen atoms in total. The van der Waals surface area contributed by atoms with Gasteiger partial charge in [0.1, 0.15) is 11.5 Å². The second-order valence-corrected chi connectivity index (χ2v) is 14.8. The molecule has 0 amide bonds. The molecule has 4 heterocycles. The van der Waals surface area contributed by atoms with Gasteiger partial charge in [0.2, 0.25) is 0 Å². The summed E-state index contributed by atoms with van der Waals surface area (Å²) in [7, 11) is -2.40. The number of nitrogens with zero attached hydrogens (tertiary/aromatic N) is 4. The van der Waals surface area contributed by atoms with Crippen molar-refractivity contribution in [1.29, 1.82) is 0 Å². The molecule has 5 aromatic rings. The molecule has 0 atom stereocenters. The van der Waals surface area contributed by atoms with Crippen molar-refractivity contribution in [2.45, 2.75) is 57.8 Å². The van der Waals surface area contributed by atoms with Crippen LogP contribution < -0.4 is 4.52 Å². The Labute approximate surface area is 268 Å². The van der Waals surface area contributed by atoms with Gasteiger partial charge < -0.3 is 9.05 Å². The Balaban J connectivity index is 1.41. The molecule has 0 spiro atoms. The van der Waals surface area contributed by atoms with Crippen molar-refractivity contribution in [3.8, 4) is 5.75 Å². The van der Waals surface area contributed by atoms with Gasteiger partial charge in [-0.2, -0.15) is 0 Å². The zero-order chi connectivity index (χ0) is 30.4. The van der Waals surface area contributed by atoms with E-state index in [1.807, 2.05) is 0 Å². The first-order valence-electron chi connectivity index (χ1n) is 16.0. The van der Waals surface area contributed by atoms with Crippen LogP contribution in [0.4, 0.5) is 0 Å². The van der Waals surface area contributed by atoms with Gasteiger partial charge >= 0.3 is 16.9 Å². The zero-order valence-electron chi connectivity index (χ0n) is 25.6. The van der Waals surface area contributed by atoms with E-state index in [2.05, 4.69) is 146 Å². The number of allylic oxidation sites excluding steroid dienone is 4. The fraction of sp³-hybridized carbons (Fsp3) is 0.243. The van der Waals surface area contributed by atoms with Crippen LogP contribution in [0.5, 0.6) is 5.75 Å². The van der Waals surface area contributed by atoms with Gasteiger partial charge in [-0.15, -0.1) is 0 Å². The molecule has 0 radical (unpaired) electrons. The van der Waals surface area contributed by atoms with Crippen LogP contribution >= 0.6 is 16.9 Å². The minimum absolute atomic E-state index is 0.904. The van der Waals surface area contributed by atoms with E-state index in [0.717, 1.165) is 62.0 Å². The first-order chi connectivity index (χ1) is 22.2. The van der Waals surface area contributed by atoms with Crippen molar-refractivity contribution < 1.29 is 9.05 Å². The maximum Gasteiger partial charge on any atom is 0.317 e. The number of hydrogen-bond acceptors (Lipinski definition) is 2. The lowest BCUT2D eigenvalue weighted by atomic mass is 9.83. The molecule has 0 saturated heterocycles. The van der Waals surface area contributed by atoms with E-state index in [1.165, 1.54) is 35.1 Å². The predicted octanol–water partition coefficient (Wildman–Crippen LogP) is 10.6. The molecule has 0 N–H and O–H groups in total. The summed E-state index contributed by atoms with van der Waals surface area (Å²) in [6.07, 6.45) is 31.0. The number of benzene rings is 1. The Bertz CT molecular complexity index is 1680. The lowest BCUT2D eigenvalue weighted by Crippen LogP contribution is -2.12. The SMILES string of the molecule is C=C1/C=C\C(OP(n2cccc2)n2cccc2)=C(\c2c(OP(n3cccc3)n3cccc3)ccc3c2CCCC3)CCCCC1. The summed E-state index contributed by atoms with van der Waals surface area (Å²) in [5, 5.41) is 0. The monoisotopic (exact) mass is 634 g/mol. The van der Waals surface area contributed by atoms with Crippen molar-refractivity contribution in [2.24, 2.45) is 0 Å². The highest BCUT2D eigenvalue weighted by Crippen LogP contribution is 2.50. The van der Waals surface area contributed by atoms with E-state index in [0.29, 0.717) is 0 Å². The third kappa shape index (κ3) is 6.69. The minimum atomic E-state index is -1.21. The average molecular weight is 635 g/mol. The van der Waals surface area contributed by atoms with Crippen LogP contribution in [-0.4, -0.2) is 17.4 Å². The number of aromatic nitrogens is 4. The van der Waals surface area contributed by atoms with Gasteiger partial charge in [0.15, 0.2) is 0 Å². The third-order valence-electron chi connectivity index (χ3n) is 8.49. The zero-order valence-corrected chi connectivity index (χ0v) is 27.4. The van der Waals surface area contributed by atoms with Crippen molar-refractivity contribution >= 4 is 22.5 Å². The Morgan fingerprint density at radius 1 is 0.533 bits per heavy atom. The molecule has 8 heteroatoms. The maximum absolute atomic E-state index is 7.20. The molecule has 0 saturated carbocycles. The van der Waals surface area contributed by atoms with Crippen LogP contribution in [-0.2, 0) is 17.4 Å². The Kier molecular flexibility index (Phi) is 9.23. The second-order valence-electron chi connectivity index (χ2n) is 11.6. The van der Waals surface area contributed by atoms with E-state index >= 15 is 0 Å². The standard InChI is InChI=1S/C37H40N4O2P2/c1-31-15-3-2-4-18-34(35(21-19-31)42-44(38-23-7-8-24-38)39-25-9-10-26-39)37-33-17-6-5-16-32(33)20-22-36(37)43-45(40-27-11-12-28-40)41-29-13-14-30-41/h7-14,19-30H,1-6,15-18H2/b21-19-,35-34-. The first-order valence-corrected chi connectivity index (χ1v) is 18.3. The normalized spacial score (nSPS) is 18.2. The largest absolute Gasteiger partial charge is 0.436 e. The van der Waals surface area contributed by atoms with Gasteiger partial charge in [-0.25, -0.2) is 0 Å². The highest BCUT2D eigenvalue weighted by Gasteiger charge is 2.28. The van der Waals surface area contributed by atoms with Crippen molar-refractivity contribution in [1.82, 2.24) is 17.4 Å². The molecule has 0 aliphatic heterocycles. The lowest BCUT2D eigenvalue weighted by molar-refractivity contribution is 0.476. The summed E-state index contributed by atoms with van der Waals surface area (Å²) in [6.45, 7) is 4.39. The molecule has 0 unspecified atom stereocenters. The van der Waals surface area contributed by atoms with Crippen molar-refractivity contribution in [3.63, 3.8) is 0 Å². The Morgan fingerprint density at radius 3 is 1.64 bits per heavy atom. The summed E-state index contributed by atoms with van der Waals surface area (Å²) in [6, 6.07) is 21.0. The van der Waals surface area contributed by atoms with Gasteiger partial charge in [0, 0.05) is 60.7 Å². The Hall–Kier alpha value is -3.98.